The largest absolute Gasteiger partial charge is 0.298 e. The number of hydrogen-bond donors (Lipinski definition) is 1. The predicted molar refractivity (Wildman–Crippen MR) is 67.6 cm³/mol. The summed E-state index contributed by atoms with van der Waals surface area (Å²) >= 11 is 0. The lowest BCUT2D eigenvalue weighted by Crippen LogP contribution is -2.36. The van der Waals surface area contributed by atoms with Crippen LogP contribution < -0.4 is 5.32 Å². The van der Waals surface area contributed by atoms with Crippen LogP contribution in [0.3, 0.4) is 0 Å². The maximum atomic E-state index is 10.8. The van der Waals surface area contributed by atoms with E-state index in [-0.39, 0.29) is 10.6 Å². The van der Waals surface area contributed by atoms with Gasteiger partial charge in [-0.3, -0.25) is 15.4 Å². The van der Waals surface area contributed by atoms with E-state index in [0.29, 0.717) is 12.1 Å². The van der Waals surface area contributed by atoms with Gasteiger partial charge in [0.25, 0.3) is 5.69 Å². The van der Waals surface area contributed by atoms with Crippen LogP contribution >= 0.6 is 0 Å². The number of hydrogen-bond acceptors (Lipinski definition) is 3. The molecule has 0 aliphatic rings. The van der Waals surface area contributed by atoms with E-state index in [1.165, 1.54) is 0 Å². The van der Waals surface area contributed by atoms with Crippen LogP contribution in [0, 0.1) is 29.4 Å². The number of benzene rings is 1. The Morgan fingerprint density at radius 3 is 2.71 bits per heavy atom. The van der Waals surface area contributed by atoms with Crippen molar-refractivity contribution in [2.45, 2.75) is 32.9 Å². The first-order valence-electron chi connectivity index (χ1n) is 5.32. The van der Waals surface area contributed by atoms with Crippen molar-refractivity contribution >= 4 is 5.69 Å². The second-order valence-electron chi connectivity index (χ2n) is 4.50. The summed E-state index contributed by atoms with van der Waals surface area (Å²) in [5, 5.41) is 13.9. The summed E-state index contributed by atoms with van der Waals surface area (Å²) in [6.45, 7) is 6.00. The van der Waals surface area contributed by atoms with Crippen molar-refractivity contribution in [3.8, 4) is 12.3 Å². The molecule has 4 heteroatoms. The fraction of sp³-hybridized carbons (Fsp3) is 0.385. The SMILES string of the molecule is C#CC(C)(C)NCc1ccc(C)c([N+](=O)[O-])c1. The molecule has 0 bridgehead atoms. The van der Waals surface area contributed by atoms with Gasteiger partial charge in [0.05, 0.1) is 10.5 Å². The summed E-state index contributed by atoms with van der Waals surface area (Å²) in [4.78, 5) is 10.4. The maximum Gasteiger partial charge on any atom is 0.272 e. The Labute approximate surface area is 101 Å². The van der Waals surface area contributed by atoms with E-state index in [2.05, 4.69) is 11.2 Å². The molecule has 0 radical (unpaired) electrons. The molecular formula is C13H16N2O2. The number of nitrogens with zero attached hydrogens (tertiary/aromatic N) is 1. The molecule has 17 heavy (non-hydrogen) atoms. The van der Waals surface area contributed by atoms with Crippen molar-refractivity contribution < 1.29 is 4.92 Å². The van der Waals surface area contributed by atoms with Gasteiger partial charge >= 0.3 is 0 Å². The van der Waals surface area contributed by atoms with Crippen LogP contribution in [0.2, 0.25) is 0 Å². The van der Waals surface area contributed by atoms with E-state index >= 15 is 0 Å². The fourth-order valence-electron chi connectivity index (χ4n) is 1.34. The first-order chi connectivity index (χ1) is 7.85. The molecule has 0 saturated heterocycles. The molecule has 0 saturated carbocycles. The minimum atomic E-state index is -0.417. The average Bonchev–Trinajstić information content (AvgIpc) is 2.27. The number of rotatable bonds is 4. The standard InChI is InChI=1S/C13H16N2O2/c1-5-13(3,4)14-9-11-7-6-10(2)12(8-11)15(16)17/h1,6-8,14H,9H2,2-4H3. The quantitative estimate of drug-likeness (QED) is 0.492. The van der Waals surface area contributed by atoms with E-state index in [4.69, 9.17) is 6.42 Å². The lowest BCUT2D eigenvalue weighted by Gasteiger charge is -2.19. The normalized spacial score (nSPS) is 10.9. The lowest BCUT2D eigenvalue weighted by molar-refractivity contribution is -0.385. The molecule has 1 N–H and O–H groups in total. The van der Waals surface area contributed by atoms with Gasteiger partial charge < -0.3 is 0 Å². The van der Waals surface area contributed by atoms with Crippen molar-refractivity contribution in [2.75, 3.05) is 0 Å². The molecule has 0 amide bonds. The summed E-state index contributed by atoms with van der Waals surface area (Å²) in [6.07, 6.45) is 5.35. The van der Waals surface area contributed by atoms with Gasteiger partial charge in [-0.25, -0.2) is 0 Å². The highest BCUT2D eigenvalue weighted by atomic mass is 16.6. The average molecular weight is 232 g/mol. The Kier molecular flexibility index (Phi) is 3.87. The maximum absolute atomic E-state index is 10.8. The third kappa shape index (κ3) is 3.58. The van der Waals surface area contributed by atoms with E-state index in [9.17, 15) is 10.1 Å². The molecule has 0 aliphatic carbocycles. The van der Waals surface area contributed by atoms with Gasteiger partial charge in [-0.05, 0) is 26.3 Å². The summed E-state index contributed by atoms with van der Waals surface area (Å²) in [7, 11) is 0. The molecule has 0 fully saturated rings. The zero-order chi connectivity index (χ0) is 13.1. The summed E-state index contributed by atoms with van der Waals surface area (Å²) in [6, 6.07) is 5.19. The van der Waals surface area contributed by atoms with Crippen LogP contribution in [0.15, 0.2) is 18.2 Å². The molecule has 0 aliphatic heterocycles. The van der Waals surface area contributed by atoms with Crippen molar-refractivity contribution in [1.82, 2.24) is 5.32 Å². The smallest absolute Gasteiger partial charge is 0.272 e. The van der Waals surface area contributed by atoms with E-state index < -0.39 is 5.54 Å². The minimum absolute atomic E-state index is 0.141. The number of terminal acetylenes is 1. The summed E-state index contributed by atoms with van der Waals surface area (Å²) in [5.74, 6) is 2.62. The zero-order valence-corrected chi connectivity index (χ0v) is 10.3. The van der Waals surface area contributed by atoms with Gasteiger partial charge in [0.1, 0.15) is 0 Å². The topological polar surface area (TPSA) is 55.2 Å². The molecule has 0 spiro atoms. The van der Waals surface area contributed by atoms with E-state index in [0.717, 1.165) is 5.56 Å². The van der Waals surface area contributed by atoms with Gasteiger partial charge in [0.2, 0.25) is 0 Å². The second-order valence-corrected chi connectivity index (χ2v) is 4.50. The monoisotopic (exact) mass is 232 g/mol. The fourth-order valence-corrected chi connectivity index (χ4v) is 1.34. The molecule has 1 rings (SSSR count). The first kappa shape index (κ1) is 13.2. The lowest BCUT2D eigenvalue weighted by atomic mass is 10.1. The molecule has 1 aromatic rings. The highest BCUT2D eigenvalue weighted by Crippen LogP contribution is 2.19. The molecule has 4 nitrogen and oxygen atoms in total. The van der Waals surface area contributed by atoms with Gasteiger partial charge in [0.15, 0.2) is 0 Å². The third-order valence-electron chi connectivity index (χ3n) is 2.57. The number of nitrogens with one attached hydrogen (secondary N) is 1. The highest BCUT2D eigenvalue weighted by Gasteiger charge is 2.14. The van der Waals surface area contributed by atoms with Gasteiger partial charge in [0, 0.05) is 18.2 Å². The van der Waals surface area contributed by atoms with E-state index in [1.807, 2.05) is 19.9 Å². The first-order valence-corrected chi connectivity index (χ1v) is 5.32. The summed E-state index contributed by atoms with van der Waals surface area (Å²) in [5.41, 5.74) is 1.24. The molecule has 0 atom stereocenters. The second kappa shape index (κ2) is 4.98. The van der Waals surface area contributed by atoms with E-state index in [1.54, 1.807) is 19.1 Å². The van der Waals surface area contributed by atoms with Crippen molar-refractivity contribution in [3.63, 3.8) is 0 Å². The predicted octanol–water partition coefficient (Wildman–Crippen LogP) is 2.40. The van der Waals surface area contributed by atoms with Gasteiger partial charge in [-0.15, -0.1) is 6.42 Å². The number of nitro groups is 1. The zero-order valence-electron chi connectivity index (χ0n) is 10.3. The number of nitro benzene ring substituents is 1. The van der Waals surface area contributed by atoms with Crippen molar-refractivity contribution in [3.05, 3.63) is 39.4 Å². The van der Waals surface area contributed by atoms with Crippen LogP contribution in [0.1, 0.15) is 25.0 Å². The molecule has 0 heterocycles. The van der Waals surface area contributed by atoms with Crippen LogP contribution in [0.4, 0.5) is 5.69 Å². The van der Waals surface area contributed by atoms with Gasteiger partial charge in [-0.2, -0.15) is 0 Å². The van der Waals surface area contributed by atoms with Crippen LogP contribution in [0.5, 0.6) is 0 Å². The van der Waals surface area contributed by atoms with Crippen LogP contribution in [0.25, 0.3) is 0 Å². The Morgan fingerprint density at radius 1 is 1.53 bits per heavy atom. The highest BCUT2D eigenvalue weighted by molar-refractivity contribution is 5.42. The molecule has 90 valence electrons. The molecule has 0 unspecified atom stereocenters. The van der Waals surface area contributed by atoms with Crippen molar-refractivity contribution in [1.29, 1.82) is 0 Å². The Balaban J connectivity index is 2.84. The Hall–Kier alpha value is -1.86. The Morgan fingerprint density at radius 2 is 2.18 bits per heavy atom. The number of aryl methyl sites for hydroxylation is 1. The van der Waals surface area contributed by atoms with Crippen LogP contribution in [-0.4, -0.2) is 10.5 Å². The van der Waals surface area contributed by atoms with Crippen molar-refractivity contribution in [2.24, 2.45) is 0 Å². The Bertz CT molecular complexity index is 473. The third-order valence-corrected chi connectivity index (χ3v) is 2.57. The molecular weight excluding hydrogens is 216 g/mol. The van der Waals surface area contributed by atoms with Crippen LogP contribution in [-0.2, 0) is 6.54 Å². The molecule has 1 aromatic carbocycles. The summed E-state index contributed by atoms with van der Waals surface area (Å²) < 4.78 is 0. The molecule has 0 aromatic heterocycles. The van der Waals surface area contributed by atoms with Gasteiger partial charge in [-0.1, -0.05) is 18.1 Å². The minimum Gasteiger partial charge on any atom is -0.298 e.